The van der Waals surface area contributed by atoms with Crippen LogP contribution in [0.5, 0.6) is 0 Å². The van der Waals surface area contributed by atoms with E-state index in [1.807, 2.05) is 0 Å². The maximum absolute atomic E-state index is 11.7. The highest BCUT2D eigenvalue weighted by Crippen LogP contribution is 2.14. The first kappa shape index (κ1) is 9.91. The van der Waals surface area contributed by atoms with E-state index in [2.05, 4.69) is 10.6 Å². The van der Waals surface area contributed by atoms with Gasteiger partial charge in [-0.3, -0.25) is 19.8 Å². The van der Waals surface area contributed by atoms with Crippen LogP contribution in [0.3, 0.4) is 0 Å². The van der Waals surface area contributed by atoms with Crippen molar-refractivity contribution in [1.82, 2.24) is 20.4 Å². The Labute approximate surface area is 86.4 Å². The minimum absolute atomic E-state index is 0.1000. The van der Waals surface area contributed by atoms with Crippen LogP contribution in [-0.2, 0) is 9.59 Å². The zero-order chi connectivity index (χ0) is 11.2. The van der Waals surface area contributed by atoms with Gasteiger partial charge in [0.15, 0.2) is 0 Å². The fourth-order valence-electron chi connectivity index (χ4n) is 1.81. The van der Waals surface area contributed by atoms with E-state index in [1.54, 1.807) is 7.05 Å². The van der Waals surface area contributed by atoms with Crippen molar-refractivity contribution < 1.29 is 14.4 Å². The molecule has 2 saturated heterocycles. The minimum atomic E-state index is -0.581. The molecule has 7 heteroatoms. The summed E-state index contributed by atoms with van der Waals surface area (Å²) >= 11 is 0. The molecular formula is C8H12N4O3. The quantitative estimate of drug-likeness (QED) is 0.483. The third kappa shape index (κ3) is 1.35. The lowest BCUT2D eigenvalue weighted by Crippen LogP contribution is -2.74. The van der Waals surface area contributed by atoms with Gasteiger partial charge in [0.05, 0.1) is 6.54 Å². The zero-order valence-corrected chi connectivity index (χ0v) is 8.48. The molecule has 2 fully saturated rings. The summed E-state index contributed by atoms with van der Waals surface area (Å²) in [5, 5.41) is 5.41. The van der Waals surface area contributed by atoms with Crippen LogP contribution in [0.1, 0.15) is 0 Å². The summed E-state index contributed by atoms with van der Waals surface area (Å²) < 4.78 is 0. The van der Waals surface area contributed by atoms with Crippen LogP contribution in [0.15, 0.2) is 0 Å². The second-order valence-electron chi connectivity index (χ2n) is 3.66. The fourth-order valence-corrected chi connectivity index (χ4v) is 1.81. The molecule has 0 aromatic carbocycles. The topological polar surface area (TPSA) is 81.8 Å². The van der Waals surface area contributed by atoms with E-state index in [0.29, 0.717) is 0 Å². The number of amides is 4. The average molecular weight is 212 g/mol. The monoisotopic (exact) mass is 212 g/mol. The van der Waals surface area contributed by atoms with Gasteiger partial charge >= 0.3 is 6.03 Å². The average Bonchev–Trinajstić information content (AvgIpc) is 2.23. The van der Waals surface area contributed by atoms with Gasteiger partial charge in [-0.05, 0) is 0 Å². The normalized spacial score (nSPS) is 31.5. The molecule has 0 radical (unpaired) electrons. The van der Waals surface area contributed by atoms with Crippen molar-refractivity contribution in [2.75, 3.05) is 20.6 Å². The first-order valence-electron chi connectivity index (χ1n) is 4.59. The van der Waals surface area contributed by atoms with Crippen LogP contribution < -0.4 is 10.6 Å². The summed E-state index contributed by atoms with van der Waals surface area (Å²) in [5.74, 6) is -0.531. The maximum Gasteiger partial charge on any atom is 0.327 e. The summed E-state index contributed by atoms with van der Waals surface area (Å²) in [5.41, 5.74) is 0. The maximum atomic E-state index is 11.7. The number of hydrogen-bond donors (Lipinski definition) is 2. The standard InChI is InChI=1S/C8H12N4O3/c1-11-6-5(9-3-4(13)10-6)7(14)12(2)8(11)15/h5-6,9H,3H2,1-2H3,(H,10,13). The molecule has 0 aliphatic carbocycles. The molecule has 4 amide bonds. The molecule has 0 bridgehead atoms. The third-order valence-corrected chi connectivity index (χ3v) is 2.71. The molecule has 0 aromatic heterocycles. The molecule has 2 N–H and O–H groups in total. The number of carbonyl (C=O) groups excluding carboxylic acids is 3. The number of fused-ring (bicyclic) bond motifs is 1. The van der Waals surface area contributed by atoms with Crippen molar-refractivity contribution in [2.24, 2.45) is 0 Å². The predicted molar refractivity (Wildman–Crippen MR) is 49.7 cm³/mol. The number of urea groups is 1. The van der Waals surface area contributed by atoms with Gasteiger partial charge in [0, 0.05) is 14.1 Å². The first-order valence-corrected chi connectivity index (χ1v) is 4.59. The Morgan fingerprint density at radius 1 is 1.27 bits per heavy atom. The number of nitrogens with zero attached hydrogens (tertiary/aromatic N) is 2. The molecule has 82 valence electrons. The van der Waals surface area contributed by atoms with Gasteiger partial charge in [0.25, 0.3) is 5.91 Å². The Bertz CT molecular complexity index is 343. The molecule has 0 spiro atoms. The lowest BCUT2D eigenvalue weighted by Gasteiger charge is -2.44. The largest absolute Gasteiger partial charge is 0.333 e. The smallest absolute Gasteiger partial charge is 0.327 e. The molecule has 7 nitrogen and oxygen atoms in total. The number of likely N-dealkylation sites (N-methyl/N-ethyl adjacent to an activating group) is 2. The van der Waals surface area contributed by atoms with Crippen molar-refractivity contribution in [3.05, 3.63) is 0 Å². The molecule has 0 aromatic rings. The Morgan fingerprint density at radius 2 is 1.93 bits per heavy atom. The van der Waals surface area contributed by atoms with Crippen molar-refractivity contribution in [3.63, 3.8) is 0 Å². The van der Waals surface area contributed by atoms with Crippen LogP contribution in [0.2, 0.25) is 0 Å². The van der Waals surface area contributed by atoms with Crippen LogP contribution in [0.25, 0.3) is 0 Å². The number of rotatable bonds is 0. The van der Waals surface area contributed by atoms with Gasteiger partial charge in [-0.25, -0.2) is 4.79 Å². The van der Waals surface area contributed by atoms with E-state index in [1.165, 1.54) is 11.9 Å². The Kier molecular flexibility index (Phi) is 2.11. The molecule has 2 aliphatic heterocycles. The lowest BCUT2D eigenvalue weighted by atomic mass is 10.1. The second-order valence-corrected chi connectivity index (χ2v) is 3.66. The third-order valence-electron chi connectivity index (χ3n) is 2.71. The van der Waals surface area contributed by atoms with E-state index in [0.717, 1.165) is 4.90 Å². The van der Waals surface area contributed by atoms with Gasteiger partial charge in [0.2, 0.25) is 5.91 Å². The Morgan fingerprint density at radius 3 is 2.60 bits per heavy atom. The van der Waals surface area contributed by atoms with E-state index >= 15 is 0 Å². The number of imide groups is 1. The van der Waals surface area contributed by atoms with Crippen molar-refractivity contribution in [1.29, 1.82) is 0 Å². The van der Waals surface area contributed by atoms with Crippen LogP contribution in [0, 0.1) is 0 Å². The molecule has 2 atom stereocenters. The lowest BCUT2D eigenvalue weighted by molar-refractivity contribution is -0.138. The Hall–Kier alpha value is -1.63. The highest BCUT2D eigenvalue weighted by atomic mass is 16.2. The number of piperazine rings is 1. The highest BCUT2D eigenvalue weighted by molar-refractivity contribution is 6.01. The minimum Gasteiger partial charge on any atom is -0.333 e. The molecule has 2 rings (SSSR count). The van der Waals surface area contributed by atoms with Gasteiger partial charge < -0.3 is 10.2 Å². The fraction of sp³-hybridized carbons (Fsp3) is 0.625. The Balaban J connectivity index is 2.28. The molecule has 2 aliphatic rings. The van der Waals surface area contributed by atoms with Gasteiger partial charge in [-0.1, -0.05) is 0 Å². The molecule has 15 heavy (non-hydrogen) atoms. The van der Waals surface area contributed by atoms with E-state index in [9.17, 15) is 14.4 Å². The van der Waals surface area contributed by atoms with E-state index < -0.39 is 18.2 Å². The summed E-state index contributed by atoms with van der Waals surface area (Å²) in [7, 11) is 2.98. The predicted octanol–water partition coefficient (Wildman–Crippen LogP) is -2.08. The highest BCUT2D eigenvalue weighted by Gasteiger charge is 2.45. The molecule has 2 unspecified atom stereocenters. The number of carbonyl (C=O) groups is 3. The van der Waals surface area contributed by atoms with Crippen molar-refractivity contribution in [3.8, 4) is 0 Å². The van der Waals surface area contributed by atoms with Crippen molar-refractivity contribution >= 4 is 17.8 Å². The van der Waals surface area contributed by atoms with E-state index in [4.69, 9.17) is 0 Å². The summed E-state index contributed by atoms with van der Waals surface area (Å²) in [6.07, 6.45) is -0.581. The second kappa shape index (κ2) is 3.20. The molecular weight excluding hydrogens is 200 g/mol. The number of hydrogen-bond acceptors (Lipinski definition) is 4. The van der Waals surface area contributed by atoms with Gasteiger partial charge in [-0.2, -0.15) is 0 Å². The van der Waals surface area contributed by atoms with Gasteiger partial charge in [-0.15, -0.1) is 0 Å². The first-order chi connectivity index (χ1) is 7.02. The van der Waals surface area contributed by atoms with Crippen LogP contribution in [0.4, 0.5) is 4.79 Å². The molecule has 2 heterocycles. The van der Waals surface area contributed by atoms with E-state index in [-0.39, 0.29) is 18.4 Å². The SMILES string of the molecule is CN1C(=O)C2NCC(=O)NC2N(C)C1=O. The van der Waals surface area contributed by atoms with Crippen molar-refractivity contribution in [2.45, 2.75) is 12.2 Å². The summed E-state index contributed by atoms with van der Waals surface area (Å²) in [4.78, 5) is 36.7. The van der Waals surface area contributed by atoms with Crippen LogP contribution >= 0.6 is 0 Å². The van der Waals surface area contributed by atoms with Crippen LogP contribution in [-0.4, -0.2) is 60.5 Å². The summed E-state index contributed by atoms with van der Waals surface area (Å²) in [6, 6.07) is -0.958. The zero-order valence-electron chi connectivity index (χ0n) is 8.48. The van der Waals surface area contributed by atoms with Gasteiger partial charge in [0.1, 0.15) is 12.2 Å². The molecule has 0 saturated carbocycles. The number of nitrogens with one attached hydrogen (secondary N) is 2. The summed E-state index contributed by atoms with van der Waals surface area (Å²) in [6.45, 7) is 0.1000.